The highest BCUT2D eigenvalue weighted by Gasteiger charge is 2.15. The molecule has 0 aliphatic carbocycles. The van der Waals surface area contributed by atoms with E-state index in [-0.39, 0.29) is 19.0 Å². The minimum absolute atomic E-state index is 0.199. The first-order chi connectivity index (χ1) is 9.37. The van der Waals surface area contributed by atoms with Gasteiger partial charge in [0.05, 0.1) is 13.0 Å². The number of carbonyl (C=O) groups is 1. The van der Waals surface area contributed by atoms with E-state index < -0.39 is 5.60 Å². The predicted molar refractivity (Wildman–Crippen MR) is 81.9 cm³/mol. The maximum atomic E-state index is 11.4. The number of ether oxygens (including phenoxy) is 1. The van der Waals surface area contributed by atoms with Crippen molar-refractivity contribution in [3.63, 3.8) is 0 Å². The first-order valence-electron chi connectivity index (χ1n) is 6.04. The van der Waals surface area contributed by atoms with Gasteiger partial charge in [-0.1, -0.05) is 20.8 Å². The zero-order chi connectivity index (χ0) is 15.0. The normalized spacial score (nSPS) is 11.2. The van der Waals surface area contributed by atoms with Gasteiger partial charge in [-0.3, -0.25) is 8.98 Å². The minimum Gasteiger partial charge on any atom is -0.460 e. The second kappa shape index (κ2) is 8.51. The lowest BCUT2D eigenvalue weighted by molar-refractivity contribution is -0.155. The summed E-state index contributed by atoms with van der Waals surface area (Å²) in [5.41, 5.74) is -0.465. The fourth-order valence-electron chi connectivity index (χ4n) is 1.15. The number of benzene rings is 1. The van der Waals surface area contributed by atoms with Gasteiger partial charge in [0.15, 0.2) is 0 Å². The van der Waals surface area contributed by atoms with Crippen molar-refractivity contribution < 1.29 is 18.6 Å². The Morgan fingerprint density at radius 2 is 1.95 bits per heavy atom. The molecule has 0 atom stereocenters. The van der Waals surface area contributed by atoms with Gasteiger partial charge in [0.2, 0.25) is 0 Å². The van der Waals surface area contributed by atoms with Crippen LogP contribution in [0.25, 0.3) is 0 Å². The predicted octanol–water partition coefficient (Wildman–Crippen LogP) is 3.64. The molecule has 0 fully saturated rings. The van der Waals surface area contributed by atoms with Crippen LogP contribution < -0.4 is 9.72 Å². The Bertz CT molecular complexity index is 419. The molecule has 0 spiro atoms. The molecule has 0 heterocycles. The summed E-state index contributed by atoms with van der Waals surface area (Å²) in [6, 6.07) is 7.34. The monoisotopic (exact) mass is 363 g/mol. The highest BCUT2D eigenvalue weighted by atomic mass is 79.9. The van der Waals surface area contributed by atoms with Crippen LogP contribution in [0.4, 0.5) is 0 Å². The molecule has 20 heavy (non-hydrogen) atoms. The zero-order valence-electron chi connectivity index (χ0n) is 11.6. The number of hydrogen-bond donors (Lipinski definition) is 1. The lowest BCUT2D eigenvalue weighted by Crippen LogP contribution is -2.24. The maximum absolute atomic E-state index is 11.4. The van der Waals surface area contributed by atoms with Crippen molar-refractivity contribution in [3.05, 3.63) is 28.7 Å². The van der Waals surface area contributed by atoms with Crippen LogP contribution in [0.5, 0.6) is 5.75 Å². The molecular weight excluding hydrogens is 346 g/mol. The fraction of sp³-hybridized carbons (Fsp3) is 0.462. The third-order valence-corrected chi connectivity index (χ3v) is 2.84. The summed E-state index contributed by atoms with van der Waals surface area (Å²) in [7, 11) is 0. The van der Waals surface area contributed by atoms with E-state index in [2.05, 4.69) is 20.8 Å². The summed E-state index contributed by atoms with van der Waals surface area (Å²) in [6.07, 6.45) is 0.199. The number of hydrogen-bond acceptors (Lipinski definition) is 6. The van der Waals surface area contributed by atoms with Crippen molar-refractivity contribution in [2.24, 2.45) is 0 Å². The Hall–Kier alpha value is -0.760. The second-order valence-corrected chi connectivity index (χ2v) is 6.37. The minimum atomic E-state index is -0.465. The van der Waals surface area contributed by atoms with Crippen molar-refractivity contribution in [2.75, 3.05) is 6.61 Å². The molecule has 0 radical (unpaired) electrons. The fourth-order valence-corrected chi connectivity index (χ4v) is 1.76. The Morgan fingerprint density at radius 3 is 2.55 bits per heavy atom. The molecule has 0 bridgehead atoms. The number of nitrogens with one attached hydrogen (secondary N) is 1. The van der Waals surface area contributed by atoms with E-state index in [1.54, 1.807) is 12.1 Å². The smallest absolute Gasteiger partial charge is 0.308 e. The molecule has 0 amide bonds. The highest BCUT2D eigenvalue weighted by molar-refractivity contribution is 9.10. The molecule has 5 nitrogen and oxygen atoms in total. The lowest BCUT2D eigenvalue weighted by atomic mass is 10.2. The number of esters is 1. The van der Waals surface area contributed by atoms with Gasteiger partial charge < -0.3 is 9.57 Å². The number of halogens is 1. The molecule has 1 rings (SSSR count). The molecule has 1 aromatic rings. The Morgan fingerprint density at radius 1 is 1.30 bits per heavy atom. The third-order valence-electron chi connectivity index (χ3n) is 1.88. The van der Waals surface area contributed by atoms with Gasteiger partial charge in [0.25, 0.3) is 0 Å². The molecular formula is C13H18BrNO4S. The quantitative estimate of drug-likeness (QED) is 0.262. The van der Waals surface area contributed by atoms with E-state index in [0.29, 0.717) is 5.75 Å². The summed E-state index contributed by atoms with van der Waals surface area (Å²) in [5, 5.41) is 0. The first-order valence-corrected chi connectivity index (χ1v) is 7.58. The van der Waals surface area contributed by atoms with Crippen LogP contribution in [0.1, 0.15) is 27.2 Å². The Kier molecular flexibility index (Phi) is 7.36. The van der Waals surface area contributed by atoms with Crippen LogP contribution in [0.2, 0.25) is 0 Å². The number of carbonyl (C=O) groups excluding carboxylic acids is 1. The van der Waals surface area contributed by atoms with Crippen molar-refractivity contribution in [3.8, 4) is 5.75 Å². The van der Waals surface area contributed by atoms with E-state index in [1.165, 1.54) is 0 Å². The van der Waals surface area contributed by atoms with E-state index in [1.807, 2.05) is 32.9 Å². The third kappa shape index (κ3) is 8.42. The van der Waals surface area contributed by atoms with Crippen LogP contribution in [0.15, 0.2) is 28.7 Å². The standard InChI is InChI=1S/C13H18BrNO4S/c1-13(2,3)18-12(16)8-9-17-20-15-19-11-6-4-10(14)5-7-11/h4-7,15H,8-9H2,1-3H3. The molecule has 0 aromatic heterocycles. The van der Waals surface area contributed by atoms with Crippen molar-refractivity contribution >= 4 is 34.1 Å². The van der Waals surface area contributed by atoms with Gasteiger partial charge in [-0.05, 0) is 45.0 Å². The second-order valence-electron chi connectivity index (χ2n) is 4.88. The van der Waals surface area contributed by atoms with E-state index in [0.717, 1.165) is 16.7 Å². The Labute approximate surface area is 131 Å². The summed E-state index contributed by atoms with van der Waals surface area (Å²) in [4.78, 5) is 19.1. The maximum Gasteiger partial charge on any atom is 0.308 e. The SMILES string of the molecule is CC(C)(C)OC(=O)CCOSNOc1ccc(Br)cc1. The lowest BCUT2D eigenvalue weighted by Gasteiger charge is -2.19. The van der Waals surface area contributed by atoms with Gasteiger partial charge in [-0.15, -0.1) is 0 Å². The highest BCUT2D eigenvalue weighted by Crippen LogP contribution is 2.16. The molecule has 0 aliphatic rings. The van der Waals surface area contributed by atoms with Crippen LogP contribution in [-0.2, 0) is 13.7 Å². The van der Waals surface area contributed by atoms with Crippen molar-refractivity contribution in [2.45, 2.75) is 32.8 Å². The van der Waals surface area contributed by atoms with Gasteiger partial charge in [-0.25, -0.2) is 0 Å². The van der Waals surface area contributed by atoms with E-state index >= 15 is 0 Å². The molecule has 1 N–H and O–H groups in total. The molecule has 7 heteroatoms. The van der Waals surface area contributed by atoms with Crippen LogP contribution in [-0.4, -0.2) is 18.2 Å². The molecule has 0 saturated heterocycles. The first kappa shape index (κ1) is 17.3. The van der Waals surface area contributed by atoms with Gasteiger partial charge >= 0.3 is 5.97 Å². The molecule has 112 valence electrons. The van der Waals surface area contributed by atoms with Crippen molar-refractivity contribution in [1.82, 2.24) is 4.89 Å². The average Bonchev–Trinajstić information content (AvgIpc) is 2.33. The zero-order valence-corrected chi connectivity index (χ0v) is 14.0. The van der Waals surface area contributed by atoms with Crippen molar-refractivity contribution in [1.29, 1.82) is 0 Å². The summed E-state index contributed by atoms with van der Waals surface area (Å²) < 4.78 is 11.3. The number of rotatable bonds is 7. The molecule has 0 unspecified atom stereocenters. The van der Waals surface area contributed by atoms with Gasteiger partial charge in [0.1, 0.15) is 23.6 Å². The van der Waals surface area contributed by atoms with Gasteiger partial charge in [-0.2, -0.15) is 0 Å². The van der Waals surface area contributed by atoms with Crippen LogP contribution in [0, 0.1) is 0 Å². The largest absolute Gasteiger partial charge is 0.460 e. The average molecular weight is 364 g/mol. The molecule has 0 saturated carbocycles. The molecule has 1 aromatic carbocycles. The topological polar surface area (TPSA) is 56.8 Å². The summed E-state index contributed by atoms with van der Waals surface area (Å²) in [6.45, 7) is 5.73. The summed E-state index contributed by atoms with van der Waals surface area (Å²) in [5.74, 6) is 0.378. The van der Waals surface area contributed by atoms with Crippen LogP contribution >= 0.6 is 28.2 Å². The van der Waals surface area contributed by atoms with E-state index in [4.69, 9.17) is 13.8 Å². The summed E-state index contributed by atoms with van der Waals surface area (Å²) >= 11 is 4.25. The molecule has 0 aliphatic heterocycles. The van der Waals surface area contributed by atoms with Gasteiger partial charge in [0, 0.05) is 4.47 Å². The van der Waals surface area contributed by atoms with Crippen LogP contribution in [0.3, 0.4) is 0 Å². The van der Waals surface area contributed by atoms with E-state index in [9.17, 15) is 4.79 Å². The Balaban J connectivity index is 2.05.